The summed E-state index contributed by atoms with van der Waals surface area (Å²) in [5.74, 6) is 0.602. The molecule has 0 radical (unpaired) electrons. The van der Waals surface area contributed by atoms with Crippen LogP contribution in [0.25, 0.3) is 5.69 Å². The topological polar surface area (TPSA) is 62.3 Å². The lowest BCUT2D eigenvalue weighted by molar-refractivity contribution is 0.0935. The fourth-order valence-corrected chi connectivity index (χ4v) is 3.36. The molecule has 3 rings (SSSR count). The van der Waals surface area contributed by atoms with Crippen molar-refractivity contribution in [2.75, 3.05) is 27.7 Å². The molecule has 0 bridgehead atoms. The molecule has 3 aromatic rings. The van der Waals surface area contributed by atoms with Gasteiger partial charge in [0.05, 0.1) is 13.2 Å². The van der Waals surface area contributed by atoms with Crippen molar-refractivity contribution >= 4 is 18.1 Å². The minimum atomic E-state index is -0.189. The fraction of sp³-hybridized carbons (Fsp3) is 0.238. The van der Waals surface area contributed by atoms with E-state index in [1.807, 2.05) is 68.7 Å². The zero-order valence-corrected chi connectivity index (χ0v) is 17.0. The maximum absolute atomic E-state index is 12.9. The average Bonchev–Trinajstić information content (AvgIpc) is 3.10. The van der Waals surface area contributed by atoms with Gasteiger partial charge in [-0.3, -0.25) is 9.36 Å². The molecule has 0 saturated carbocycles. The number of hydrogen-bond acceptors (Lipinski definition) is 4. The number of hydrogen-bond donors (Lipinski definition) is 2. The lowest BCUT2D eigenvalue weighted by atomic mass is 10.1. The van der Waals surface area contributed by atoms with Gasteiger partial charge < -0.3 is 19.9 Å². The van der Waals surface area contributed by atoms with E-state index in [4.69, 9.17) is 17.0 Å². The Labute approximate surface area is 169 Å². The van der Waals surface area contributed by atoms with Crippen molar-refractivity contribution < 1.29 is 9.53 Å². The van der Waals surface area contributed by atoms with Crippen molar-refractivity contribution in [2.24, 2.45) is 0 Å². The number of para-hydroxylation sites is 1. The molecule has 0 aliphatic carbocycles. The Morgan fingerprint density at radius 3 is 2.64 bits per heavy atom. The van der Waals surface area contributed by atoms with Crippen molar-refractivity contribution in [2.45, 2.75) is 6.04 Å². The number of H-pyrrole nitrogens is 1. The molecule has 7 heteroatoms. The molecule has 146 valence electrons. The lowest BCUT2D eigenvalue weighted by Gasteiger charge is -2.25. The molecule has 0 saturated heterocycles. The molecule has 28 heavy (non-hydrogen) atoms. The number of carbonyl (C=O) groups excluding carboxylic acids is 1. The maximum Gasteiger partial charge on any atom is 0.269 e. The predicted octanol–water partition coefficient (Wildman–Crippen LogP) is 3.58. The summed E-state index contributed by atoms with van der Waals surface area (Å²) in [6.45, 7) is 0.450. The standard InChI is InChI=1S/C21H24N4O2S/c1-24(2)18(15-8-7-11-17(12-15)27-3)13-22-20(26)19-14-23-21(28)25(19)16-9-5-4-6-10-16/h4-12,14,18H,13H2,1-3H3,(H,22,26)(H,23,28). The van der Waals surface area contributed by atoms with E-state index in [0.717, 1.165) is 17.0 Å². The third kappa shape index (κ3) is 4.32. The number of likely N-dealkylation sites (N-methyl/N-ethyl adjacent to an activating group) is 1. The first-order chi connectivity index (χ1) is 13.5. The van der Waals surface area contributed by atoms with Crippen LogP contribution in [-0.2, 0) is 0 Å². The second-order valence-corrected chi connectivity index (χ2v) is 7.00. The van der Waals surface area contributed by atoms with Crippen LogP contribution in [0.1, 0.15) is 22.1 Å². The smallest absolute Gasteiger partial charge is 0.269 e. The van der Waals surface area contributed by atoms with Gasteiger partial charge in [-0.1, -0.05) is 30.3 Å². The number of nitrogens with zero attached hydrogens (tertiary/aromatic N) is 2. The van der Waals surface area contributed by atoms with Gasteiger partial charge in [0.25, 0.3) is 5.91 Å². The second kappa shape index (κ2) is 8.86. The minimum absolute atomic E-state index is 0.00568. The highest BCUT2D eigenvalue weighted by atomic mass is 32.1. The van der Waals surface area contributed by atoms with Crippen LogP contribution >= 0.6 is 12.2 Å². The summed E-state index contributed by atoms with van der Waals surface area (Å²) in [5.41, 5.74) is 2.38. The van der Waals surface area contributed by atoms with E-state index >= 15 is 0 Å². The van der Waals surface area contributed by atoms with E-state index in [2.05, 4.69) is 15.2 Å². The third-order valence-electron chi connectivity index (χ3n) is 4.58. The van der Waals surface area contributed by atoms with Gasteiger partial charge in [-0.2, -0.15) is 0 Å². The van der Waals surface area contributed by atoms with Crippen molar-refractivity contribution in [3.05, 3.63) is 76.8 Å². The Morgan fingerprint density at radius 2 is 1.96 bits per heavy atom. The molecular weight excluding hydrogens is 372 g/mol. The molecule has 0 spiro atoms. The summed E-state index contributed by atoms with van der Waals surface area (Å²) in [7, 11) is 5.61. The summed E-state index contributed by atoms with van der Waals surface area (Å²) >= 11 is 5.36. The summed E-state index contributed by atoms with van der Waals surface area (Å²) in [6.07, 6.45) is 1.64. The van der Waals surface area contributed by atoms with Crippen LogP contribution < -0.4 is 10.1 Å². The number of carbonyl (C=O) groups is 1. The van der Waals surface area contributed by atoms with Gasteiger partial charge in [0.2, 0.25) is 0 Å². The van der Waals surface area contributed by atoms with Gasteiger partial charge in [-0.05, 0) is 56.1 Å². The number of imidazole rings is 1. The zero-order chi connectivity index (χ0) is 20.1. The SMILES string of the molecule is COc1cccc(C(CNC(=O)c2c[nH]c(=S)n2-c2ccccc2)N(C)C)c1. The van der Waals surface area contributed by atoms with E-state index in [1.54, 1.807) is 17.9 Å². The van der Waals surface area contributed by atoms with Crippen molar-refractivity contribution in [1.29, 1.82) is 0 Å². The summed E-state index contributed by atoms with van der Waals surface area (Å²) in [4.78, 5) is 17.9. The van der Waals surface area contributed by atoms with E-state index < -0.39 is 0 Å². The van der Waals surface area contributed by atoms with Gasteiger partial charge in [-0.25, -0.2) is 0 Å². The number of amides is 1. The van der Waals surface area contributed by atoms with Crippen LogP contribution in [0.5, 0.6) is 5.75 Å². The van der Waals surface area contributed by atoms with Crippen molar-refractivity contribution in [3.8, 4) is 11.4 Å². The van der Waals surface area contributed by atoms with Crippen LogP contribution in [-0.4, -0.2) is 48.1 Å². The molecule has 1 aromatic heterocycles. The third-order valence-corrected chi connectivity index (χ3v) is 4.88. The minimum Gasteiger partial charge on any atom is -0.497 e. The van der Waals surface area contributed by atoms with Crippen molar-refractivity contribution in [1.82, 2.24) is 19.8 Å². The largest absolute Gasteiger partial charge is 0.497 e. The molecule has 1 amide bonds. The van der Waals surface area contributed by atoms with Crippen LogP contribution in [0, 0.1) is 4.77 Å². The molecule has 1 atom stereocenters. The first-order valence-electron chi connectivity index (χ1n) is 8.95. The molecule has 1 unspecified atom stereocenters. The Kier molecular flexibility index (Phi) is 6.28. The number of ether oxygens (including phenoxy) is 1. The van der Waals surface area contributed by atoms with Crippen LogP contribution in [0.4, 0.5) is 0 Å². The van der Waals surface area contributed by atoms with Gasteiger partial charge in [0.1, 0.15) is 11.4 Å². The Bertz CT molecular complexity index is 995. The number of methoxy groups -OCH3 is 1. The maximum atomic E-state index is 12.9. The molecule has 2 N–H and O–H groups in total. The Balaban J connectivity index is 1.80. The highest BCUT2D eigenvalue weighted by Gasteiger charge is 2.19. The van der Waals surface area contributed by atoms with E-state index in [1.165, 1.54) is 0 Å². The normalized spacial score (nSPS) is 12.0. The molecule has 0 aliphatic heterocycles. The monoisotopic (exact) mass is 396 g/mol. The summed E-state index contributed by atoms with van der Waals surface area (Å²) in [5, 5.41) is 3.03. The van der Waals surface area contributed by atoms with E-state index in [-0.39, 0.29) is 11.9 Å². The van der Waals surface area contributed by atoms with Gasteiger partial charge >= 0.3 is 0 Å². The highest BCUT2D eigenvalue weighted by molar-refractivity contribution is 7.71. The highest BCUT2D eigenvalue weighted by Crippen LogP contribution is 2.22. The van der Waals surface area contributed by atoms with Gasteiger partial charge in [0.15, 0.2) is 4.77 Å². The van der Waals surface area contributed by atoms with E-state index in [9.17, 15) is 4.79 Å². The number of aromatic amines is 1. The first-order valence-corrected chi connectivity index (χ1v) is 9.36. The van der Waals surface area contributed by atoms with Gasteiger partial charge in [-0.15, -0.1) is 0 Å². The average molecular weight is 397 g/mol. The van der Waals surface area contributed by atoms with Crippen molar-refractivity contribution in [3.63, 3.8) is 0 Å². The van der Waals surface area contributed by atoms with E-state index in [0.29, 0.717) is 17.0 Å². The number of nitrogens with one attached hydrogen (secondary N) is 2. The second-order valence-electron chi connectivity index (χ2n) is 6.62. The first kappa shape index (κ1) is 19.9. The zero-order valence-electron chi connectivity index (χ0n) is 16.2. The molecule has 0 aliphatic rings. The van der Waals surface area contributed by atoms with Crippen LogP contribution in [0.2, 0.25) is 0 Å². The molecule has 0 fully saturated rings. The lowest BCUT2D eigenvalue weighted by Crippen LogP contribution is -2.35. The molecular formula is C21H24N4O2S. The van der Waals surface area contributed by atoms with Crippen LogP contribution in [0.3, 0.4) is 0 Å². The Morgan fingerprint density at radius 1 is 1.21 bits per heavy atom. The van der Waals surface area contributed by atoms with Crippen LogP contribution in [0.15, 0.2) is 60.8 Å². The summed E-state index contributed by atoms with van der Waals surface area (Å²) < 4.78 is 7.54. The predicted molar refractivity (Wildman–Crippen MR) is 113 cm³/mol. The number of aromatic nitrogens is 2. The number of benzene rings is 2. The molecule has 1 heterocycles. The summed E-state index contributed by atoms with van der Waals surface area (Å²) in [6, 6.07) is 17.5. The molecule has 6 nitrogen and oxygen atoms in total. The molecule has 2 aromatic carbocycles. The van der Waals surface area contributed by atoms with Gasteiger partial charge in [0, 0.05) is 18.4 Å². The fourth-order valence-electron chi connectivity index (χ4n) is 3.10. The number of rotatable bonds is 7. The quantitative estimate of drug-likeness (QED) is 0.600. The Hall–Kier alpha value is -2.90.